The maximum atomic E-state index is 10.9. The highest BCUT2D eigenvalue weighted by molar-refractivity contribution is 7.84. The fourth-order valence-corrected chi connectivity index (χ4v) is 3.63. The Hall–Kier alpha value is -0.000000000000000132. The molecule has 1 aromatic rings. The topological polar surface area (TPSA) is 101 Å². The molecule has 7 nitrogen and oxygen atoms in total. The van der Waals surface area contributed by atoms with Crippen molar-refractivity contribution in [2.75, 3.05) is 6.61 Å². The van der Waals surface area contributed by atoms with E-state index in [4.69, 9.17) is 37.8 Å². The Bertz CT molecular complexity index is 603. The summed E-state index contributed by atoms with van der Waals surface area (Å²) in [6, 6.07) is 0. The third kappa shape index (κ3) is 4.01. The summed E-state index contributed by atoms with van der Waals surface area (Å²) in [5.41, 5.74) is 0. The van der Waals surface area contributed by atoms with Gasteiger partial charge in [-0.3, -0.25) is 4.18 Å². The molecule has 11 heteroatoms. The van der Waals surface area contributed by atoms with Crippen LogP contribution >= 0.6 is 34.5 Å². The van der Waals surface area contributed by atoms with Crippen LogP contribution in [0.5, 0.6) is 0 Å². The first-order valence-corrected chi connectivity index (χ1v) is 8.46. The summed E-state index contributed by atoms with van der Waals surface area (Å²) < 4.78 is 37.8. The molecule has 2 atom stereocenters. The van der Waals surface area contributed by atoms with E-state index in [2.05, 4.69) is 9.17 Å². The first kappa shape index (κ1) is 16.4. The molecule has 1 aliphatic heterocycles. The molecule has 2 N–H and O–H groups in total. The summed E-state index contributed by atoms with van der Waals surface area (Å²) in [5.74, 6) is -0.920. The maximum absolute atomic E-state index is 10.9. The minimum atomic E-state index is -4.07. The van der Waals surface area contributed by atoms with Crippen LogP contribution in [0, 0.1) is 0 Å². The molecule has 0 amide bonds. The molecular weight excluding hydrogens is 351 g/mol. The first-order valence-electron chi connectivity index (χ1n) is 5.42. The summed E-state index contributed by atoms with van der Waals surface area (Å²) in [6.07, 6.45) is -1.33. The third-order valence-electron chi connectivity index (χ3n) is 2.42. The number of aromatic nitrogens is 1. The lowest BCUT2D eigenvalue weighted by Gasteiger charge is -2.16. The van der Waals surface area contributed by atoms with Gasteiger partial charge in [0.15, 0.2) is 10.3 Å². The largest absolute Gasteiger partial charge is 0.342 e. The van der Waals surface area contributed by atoms with Crippen molar-refractivity contribution in [2.45, 2.75) is 31.8 Å². The van der Waals surface area contributed by atoms with E-state index in [0.717, 1.165) is 11.3 Å². The van der Waals surface area contributed by atoms with Crippen LogP contribution in [0.3, 0.4) is 0 Å². The van der Waals surface area contributed by atoms with Crippen LogP contribution in [0.15, 0.2) is 0 Å². The lowest BCUT2D eigenvalue weighted by Crippen LogP contribution is -2.28. The zero-order chi connectivity index (χ0) is 15.1. The Kier molecular flexibility index (Phi) is 4.63. The Balaban J connectivity index is 2.22. The molecule has 0 aromatic carbocycles. The standard InChI is InChI=1S/C9H12Cl2N2O5S2/c1-9(2)17-4(3-16-20(12,14)15)5(18-9)6-7(10)13-8(11)19-6/h4-5H,3H2,1-2H3,(H2,12,14,15)/t4-,5+/m1/s1. The second kappa shape index (κ2) is 5.65. The van der Waals surface area contributed by atoms with Crippen molar-refractivity contribution >= 4 is 44.8 Å². The first-order chi connectivity index (χ1) is 9.07. The quantitative estimate of drug-likeness (QED) is 0.876. The molecule has 1 saturated heterocycles. The van der Waals surface area contributed by atoms with Crippen LogP contribution in [0.2, 0.25) is 9.62 Å². The normalized spacial score (nSPS) is 26.1. The Morgan fingerprint density at radius 1 is 1.45 bits per heavy atom. The number of thiazole rings is 1. The smallest absolute Gasteiger partial charge is 0.333 e. The van der Waals surface area contributed by atoms with E-state index in [9.17, 15) is 8.42 Å². The zero-order valence-corrected chi connectivity index (χ0v) is 13.6. The molecule has 2 heterocycles. The van der Waals surface area contributed by atoms with Crippen molar-refractivity contribution in [1.82, 2.24) is 4.98 Å². The number of hydrogen-bond acceptors (Lipinski definition) is 7. The van der Waals surface area contributed by atoms with Gasteiger partial charge in [0.05, 0.1) is 11.5 Å². The number of ether oxygens (including phenoxy) is 2. The van der Waals surface area contributed by atoms with E-state index in [1.807, 2.05) is 0 Å². The molecule has 0 unspecified atom stereocenters. The minimum Gasteiger partial charge on any atom is -0.342 e. The van der Waals surface area contributed by atoms with E-state index >= 15 is 0 Å². The van der Waals surface area contributed by atoms with Gasteiger partial charge in [-0.1, -0.05) is 23.2 Å². The van der Waals surface area contributed by atoms with Crippen LogP contribution in [0.25, 0.3) is 0 Å². The number of rotatable bonds is 4. The van der Waals surface area contributed by atoms with Gasteiger partial charge in [0.2, 0.25) is 0 Å². The van der Waals surface area contributed by atoms with Crippen LogP contribution in [-0.2, 0) is 24.0 Å². The van der Waals surface area contributed by atoms with Gasteiger partial charge in [0, 0.05) is 0 Å². The molecule has 2 rings (SSSR count). The molecular formula is C9H12Cl2N2O5S2. The van der Waals surface area contributed by atoms with Gasteiger partial charge in [0.25, 0.3) is 0 Å². The summed E-state index contributed by atoms with van der Waals surface area (Å²) >= 11 is 12.9. The SMILES string of the molecule is CC1(C)O[C@H](c2sc(Cl)nc2Cl)[C@@H](COS(N)(=O)=O)O1. The van der Waals surface area contributed by atoms with Crippen LogP contribution in [0.1, 0.15) is 24.8 Å². The predicted octanol–water partition coefficient (Wildman–Crippen LogP) is 1.86. The van der Waals surface area contributed by atoms with Gasteiger partial charge in [-0.2, -0.15) is 8.42 Å². The van der Waals surface area contributed by atoms with E-state index in [0.29, 0.717) is 4.88 Å². The van der Waals surface area contributed by atoms with Gasteiger partial charge in [0.1, 0.15) is 17.4 Å². The number of halogens is 2. The number of hydrogen-bond donors (Lipinski definition) is 1. The van der Waals surface area contributed by atoms with Crippen molar-refractivity contribution in [3.8, 4) is 0 Å². The second-order valence-electron chi connectivity index (χ2n) is 4.49. The molecule has 0 spiro atoms. The lowest BCUT2D eigenvalue weighted by atomic mass is 10.2. The predicted molar refractivity (Wildman–Crippen MR) is 74.0 cm³/mol. The molecule has 114 valence electrons. The molecule has 20 heavy (non-hydrogen) atoms. The molecule has 1 aliphatic rings. The summed E-state index contributed by atoms with van der Waals surface area (Å²) in [4.78, 5) is 4.42. The Labute approximate surface area is 130 Å². The minimum absolute atomic E-state index is 0.187. The lowest BCUT2D eigenvalue weighted by molar-refractivity contribution is -0.148. The van der Waals surface area contributed by atoms with Crippen LogP contribution in [-0.4, -0.2) is 31.9 Å². The Morgan fingerprint density at radius 3 is 2.60 bits per heavy atom. The monoisotopic (exact) mass is 362 g/mol. The van der Waals surface area contributed by atoms with Gasteiger partial charge < -0.3 is 9.47 Å². The van der Waals surface area contributed by atoms with Crippen molar-refractivity contribution < 1.29 is 22.1 Å². The van der Waals surface area contributed by atoms with Crippen molar-refractivity contribution in [3.63, 3.8) is 0 Å². The fourth-order valence-electron chi connectivity index (χ4n) is 1.80. The van der Waals surface area contributed by atoms with E-state index < -0.39 is 28.3 Å². The van der Waals surface area contributed by atoms with E-state index in [1.54, 1.807) is 13.8 Å². The third-order valence-corrected chi connectivity index (χ3v) is 4.51. The van der Waals surface area contributed by atoms with E-state index in [1.165, 1.54) is 0 Å². The fraction of sp³-hybridized carbons (Fsp3) is 0.667. The molecule has 0 bridgehead atoms. The van der Waals surface area contributed by atoms with Crippen LogP contribution in [0.4, 0.5) is 0 Å². The number of nitrogens with two attached hydrogens (primary N) is 1. The zero-order valence-electron chi connectivity index (χ0n) is 10.5. The van der Waals surface area contributed by atoms with Crippen molar-refractivity contribution in [3.05, 3.63) is 14.5 Å². The molecule has 0 saturated carbocycles. The van der Waals surface area contributed by atoms with Gasteiger partial charge in [-0.25, -0.2) is 10.1 Å². The van der Waals surface area contributed by atoms with Gasteiger partial charge in [-0.05, 0) is 13.8 Å². The molecule has 0 aliphatic carbocycles. The van der Waals surface area contributed by atoms with E-state index in [-0.39, 0.29) is 16.2 Å². The second-order valence-corrected chi connectivity index (χ2v) is 7.69. The highest BCUT2D eigenvalue weighted by atomic mass is 35.5. The van der Waals surface area contributed by atoms with Gasteiger partial charge in [-0.15, -0.1) is 11.3 Å². The molecule has 1 fully saturated rings. The Morgan fingerprint density at radius 2 is 2.10 bits per heavy atom. The van der Waals surface area contributed by atoms with Crippen molar-refractivity contribution in [2.24, 2.45) is 5.14 Å². The summed E-state index contributed by atoms with van der Waals surface area (Å²) in [7, 11) is -4.07. The highest BCUT2D eigenvalue weighted by Crippen LogP contribution is 2.44. The average Bonchev–Trinajstić information content (AvgIpc) is 2.74. The average molecular weight is 363 g/mol. The summed E-state index contributed by atoms with van der Waals surface area (Å²) in [6.45, 7) is 3.08. The van der Waals surface area contributed by atoms with Crippen LogP contribution < -0.4 is 5.14 Å². The maximum Gasteiger partial charge on any atom is 0.333 e. The number of nitrogens with zero attached hydrogens (tertiary/aromatic N) is 1. The molecule has 1 aromatic heterocycles. The molecule has 0 radical (unpaired) electrons. The summed E-state index contributed by atoms with van der Waals surface area (Å²) in [5, 5.41) is 4.98. The highest BCUT2D eigenvalue weighted by Gasteiger charge is 2.44. The van der Waals surface area contributed by atoms with Crippen molar-refractivity contribution in [1.29, 1.82) is 0 Å². The van der Waals surface area contributed by atoms with Gasteiger partial charge >= 0.3 is 10.3 Å².